The van der Waals surface area contributed by atoms with Crippen LogP contribution in [0.1, 0.15) is 17.7 Å². The van der Waals surface area contributed by atoms with Crippen LogP contribution in [0.5, 0.6) is 0 Å². The maximum atomic E-state index is 6.18. The molecule has 0 aliphatic heterocycles. The second-order valence-electron chi connectivity index (χ2n) is 8.80. The molecule has 156 valence electrons. The van der Waals surface area contributed by atoms with Crippen LogP contribution in [0, 0.1) is 0 Å². The molecule has 1 heteroatoms. The Kier molecular flexibility index (Phi) is 4.04. The molecule has 0 unspecified atom stereocenters. The highest BCUT2D eigenvalue weighted by Crippen LogP contribution is 2.44. The molecular weight excluding hydrogens is 400 g/mol. The Bertz CT molecular complexity index is 1640. The van der Waals surface area contributed by atoms with Crippen LogP contribution < -0.4 is 0 Å². The summed E-state index contributed by atoms with van der Waals surface area (Å²) in [5.41, 5.74) is 7.29. The highest BCUT2D eigenvalue weighted by atomic mass is 16.3. The zero-order valence-corrected chi connectivity index (χ0v) is 18.2. The molecule has 0 saturated carbocycles. The molecular formula is C32H22O. The lowest BCUT2D eigenvalue weighted by Crippen LogP contribution is -1.91. The molecule has 0 radical (unpaired) electrons. The summed E-state index contributed by atoms with van der Waals surface area (Å²) < 4.78 is 6.18. The first-order valence-electron chi connectivity index (χ1n) is 11.6. The molecule has 0 spiro atoms. The lowest BCUT2D eigenvalue weighted by molar-refractivity contribution is 0.546. The Labute approximate surface area is 192 Å². The van der Waals surface area contributed by atoms with Gasteiger partial charge in [0, 0.05) is 17.4 Å². The minimum Gasteiger partial charge on any atom is -0.460 e. The van der Waals surface area contributed by atoms with E-state index in [1.807, 2.05) is 0 Å². The predicted molar refractivity (Wildman–Crippen MR) is 139 cm³/mol. The van der Waals surface area contributed by atoms with Crippen molar-refractivity contribution in [3.8, 4) is 22.3 Å². The van der Waals surface area contributed by atoms with Crippen LogP contribution in [-0.4, -0.2) is 0 Å². The highest BCUT2D eigenvalue weighted by Gasteiger charge is 2.19. The van der Waals surface area contributed by atoms with Crippen LogP contribution in [0.3, 0.4) is 0 Å². The van der Waals surface area contributed by atoms with Crippen molar-refractivity contribution < 1.29 is 4.42 Å². The number of benzene rings is 5. The normalized spacial score (nSPS) is 13.1. The summed E-state index contributed by atoms with van der Waals surface area (Å²) in [6.07, 6.45) is 6.51. The number of hydrogen-bond acceptors (Lipinski definition) is 1. The number of fused-ring (bicyclic) bond motifs is 5. The second kappa shape index (κ2) is 7.21. The Balaban J connectivity index is 1.61. The molecule has 0 atom stereocenters. The number of hydrogen-bond donors (Lipinski definition) is 0. The van der Waals surface area contributed by atoms with E-state index in [1.54, 1.807) is 0 Å². The van der Waals surface area contributed by atoms with Gasteiger partial charge in [-0.25, -0.2) is 0 Å². The number of furan rings is 1. The van der Waals surface area contributed by atoms with E-state index in [2.05, 4.69) is 109 Å². The third kappa shape index (κ3) is 2.79. The number of allylic oxidation sites excluding steroid dienone is 1. The molecule has 7 rings (SSSR count). The van der Waals surface area contributed by atoms with Gasteiger partial charge in [-0.15, -0.1) is 0 Å². The molecule has 0 amide bonds. The smallest absolute Gasteiger partial charge is 0.134 e. The largest absolute Gasteiger partial charge is 0.460 e. The Morgan fingerprint density at radius 2 is 1.15 bits per heavy atom. The van der Waals surface area contributed by atoms with Crippen LogP contribution in [-0.2, 0) is 6.42 Å². The van der Waals surface area contributed by atoms with Crippen molar-refractivity contribution in [2.75, 3.05) is 0 Å². The summed E-state index contributed by atoms with van der Waals surface area (Å²) in [7, 11) is 0. The standard InChI is InChI=1S/C32H22O/c1-2-10-21(11-3-1)31-24-13-4-6-15-26(24)32(27-16-7-5-14-25(27)31)22-18-19-30-28(20-22)23-12-8-9-17-29(23)33-30/h1-8,10-16,18-20H,9,17H2. The van der Waals surface area contributed by atoms with Crippen molar-refractivity contribution in [3.63, 3.8) is 0 Å². The quantitative estimate of drug-likeness (QED) is 0.254. The first-order chi connectivity index (χ1) is 16.4. The van der Waals surface area contributed by atoms with Crippen molar-refractivity contribution in [1.29, 1.82) is 0 Å². The second-order valence-corrected chi connectivity index (χ2v) is 8.80. The maximum absolute atomic E-state index is 6.18. The van der Waals surface area contributed by atoms with Gasteiger partial charge in [-0.1, -0.05) is 97.1 Å². The van der Waals surface area contributed by atoms with Gasteiger partial charge in [0.05, 0.1) is 0 Å². The molecule has 1 aromatic heterocycles. The highest BCUT2D eigenvalue weighted by molar-refractivity contribution is 6.21. The number of aryl methyl sites for hydroxylation is 1. The lowest BCUT2D eigenvalue weighted by Gasteiger charge is -2.17. The Hall–Kier alpha value is -4.10. The monoisotopic (exact) mass is 422 g/mol. The summed E-state index contributed by atoms with van der Waals surface area (Å²) in [6.45, 7) is 0. The van der Waals surface area contributed by atoms with E-state index in [9.17, 15) is 0 Å². The van der Waals surface area contributed by atoms with E-state index in [1.165, 1.54) is 54.7 Å². The van der Waals surface area contributed by atoms with E-state index in [4.69, 9.17) is 4.42 Å². The molecule has 0 fully saturated rings. The minimum absolute atomic E-state index is 0.977. The van der Waals surface area contributed by atoms with Gasteiger partial charge in [-0.2, -0.15) is 0 Å². The van der Waals surface area contributed by atoms with Gasteiger partial charge in [0.15, 0.2) is 0 Å². The van der Waals surface area contributed by atoms with Gasteiger partial charge < -0.3 is 4.42 Å². The average molecular weight is 423 g/mol. The molecule has 0 saturated heterocycles. The molecule has 0 bridgehead atoms. The van der Waals surface area contributed by atoms with E-state index in [0.717, 1.165) is 24.2 Å². The maximum Gasteiger partial charge on any atom is 0.134 e. The fourth-order valence-electron chi connectivity index (χ4n) is 5.46. The summed E-state index contributed by atoms with van der Waals surface area (Å²) in [5.74, 6) is 1.11. The Morgan fingerprint density at radius 3 is 1.82 bits per heavy atom. The molecule has 33 heavy (non-hydrogen) atoms. The molecule has 1 heterocycles. The van der Waals surface area contributed by atoms with Crippen LogP contribution in [0.2, 0.25) is 0 Å². The van der Waals surface area contributed by atoms with Crippen molar-refractivity contribution >= 4 is 38.6 Å². The van der Waals surface area contributed by atoms with Gasteiger partial charge in [0.1, 0.15) is 11.3 Å². The lowest BCUT2D eigenvalue weighted by atomic mass is 9.85. The van der Waals surface area contributed by atoms with Gasteiger partial charge in [-0.3, -0.25) is 0 Å². The predicted octanol–water partition coefficient (Wildman–Crippen LogP) is 9.03. The fourth-order valence-corrected chi connectivity index (χ4v) is 5.46. The van der Waals surface area contributed by atoms with Gasteiger partial charge in [0.2, 0.25) is 0 Å². The summed E-state index contributed by atoms with van der Waals surface area (Å²) in [5, 5.41) is 6.33. The average Bonchev–Trinajstić information content (AvgIpc) is 3.25. The van der Waals surface area contributed by atoms with Crippen molar-refractivity contribution in [1.82, 2.24) is 0 Å². The minimum atomic E-state index is 0.977. The number of rotatable bonds is 2. The van der Waals surface area contributed by atoms with E-state index in [-0.39, 0.29) is 0 Å². The van der Waals surface area contributed by atoms with Crippen LogP contribution in [0.15, 0.2) is 108 Å². The summed E-state index contributed by atoms with van der Waals surface area (Å²) in [4.78, 5) is 0. The van der Waals surface area contributed by atoms with E-state index < -0.39 is 0 Å². The van der Waals surface area contributed by atoms with Gasteiger partial charge >= 0.3 is 0 Å². The van der Waals surface area contributed by atoms with E-state index >= 15 is 0 Å². The Morgan fingerprint density at radius 1 is 0.545 bits per heavy atom. The van der Waals surface area contributed by atoms with Gasteiger partial charge in [0.25, 0.3) is 0 Å². The third-order valence-electron chi connectivity index (χ3n) is 6.91. The first-order valence-corrected chi connectivity index (χ1v) is 11.6. The van der Waals surface area contributed by atoms with Crippen molar-refractivity contribution in [2.24, 2.45) is 0 Å². The SMILES string of the molecule is C1=Cc2c(oc3ccc(-c4c5ccccc5c(-c5ccccc5)c5ccccc45)cc23)CC1. The fraction of sp³-hybridized carbons (Fsp3) is 0.0625. The molecule has 6 aromatic rings. The molecule has 1 aliphatic carbocycles. The van der Waals surface area contributed by atoms with Gasteiger partial charge in [-0.05, 0) is 62.4 Å². The van der Waals surface area contributed by atoms with Crippen molar-refractivity contribution in [3.05, 3.63) is 114 Å². The zero-order chi connectivity index (χ0) is 21.8. The summed E-state index contributed by atoms with van der Waals surface area (Å²) in [6, 6.07) is 35.1. The van der Waals surface area contributed by atoms with Crippen LogP contribution >= 0.6 is 0 Å². The molecule has 1 aliphatic rings. The zero-order valence-electron chi connectivity index (χ0n) is 18.2. The van der Waals surface area contributed by atoms with E-state index in [0.29, 0.717) is 0 Å². The molecule has 1 nitrogen and oxygen atoms in total. The third-order valence-corrected chi connectivity index (χ3v) is 6.91. The molecule has 0 N–H and O–H groups in total. The van der Waals surface area contributed by atoms with Crippen LogP contribution in [0.4, 0.5) is 0 Å². The molecule has 5 aromatic carbocycles. The first kappa shape index (κ1) is 18.5. The topological polar surface area (TPSA) is 13.1 Å². The van der Waals surface area contributed by atoms with Crippen LogP contribution in [0.25, 0.3) is 60.8 Å². The van der Waals surface area contributed by atoms with Crippen molar-refractivity contribution in [2.45, 2.75) is 12.8 Å². The summed E-state index contributed by atoms with van der Waals surface area (Å²) >= 11 is 0.